The van der Waals surface area contributed by atoms with Gasteiger partial charge in [-0.25, -0.2) is 0 Å². The average molecular weight is 258 g/mol. The van der Waals surface area contributed by atoms with Gasteiger partial charge < -0.3 is 10.5 Å². The molecule has 1 aromatic rings. The maximum atomic E-state index is 5.66. The summed E-state index contributed by atoms with van der Waals surface area (Å²) < 4.78 is 6.55. The largest absolute Gasteiger partial charge is 0.492 e. The topological polar surface area (TPSA) is 35.2 Å². The quantitative estimate of drug-likeness (QED) is 0.647. The van der Waals surface area contributed by atoms with Gasteiger partial charge in [0, 0.05) is 11.8 Å². The second kappa shape index (κ2) is 5.91. The van der Waals surface area contributed by atoms with Gasteiger partial charge in [0.05, 0.1) is 11.1 Å². The minimum absolute atomic E-state index is 0.735. The Kier molecular flexibility index (Phi) is 4.80. The van der Waals surface area contributed by atoms with Gasteiger partial charge in [0.25, 0.3) is 0 Å². The fourth-order valence-corrected chi connectivity index (χ4v) is 1.53. The first-order valence-electron chi connectivity index (χ1n) is 4.92. The number of benzene rings is 1. The first-order chi connectivity index (χ1) is 6.74. The predicted octanol–water partition coefficient (Wildman–Crippen LogP) is 3.60. The van der Waals surface area contributed by atoms with Crippen molar-refractivity contribution in [2.24, 2.45) is 0 Å². The molecule has 0 aliphatic rings. The van der Waals surface area contributed by atoms with Crippen LogP contribution >= 0.6 is 15.9 Å². The summed E-state index contributed by atoms with van der Waals surface area (Å²) >= 11 is 3.42. The fourth-order valence-electron chi connectivity index (χ4n) is 1.16. The summed E-state index contributed by atoms with van der Waals surface area (Å²) in [5, 5.41) is 0. The Bertz CT molecular complexity index is 289. The van der Waals surface area contributed by atoms with Crippen molar-refractivity contribution in [3.8, 4) is 5.75 Å². The smallest absolute Gasteiger partial charge is 0.135 e. The Hall–Kier alpha value is -0.700. The summed E-state index contributed by atoms with van der Waals surface area (Å²) in [5.41, 5.74) is 6.39. The first kappa shape index (κ1) is 11.4. The average Bonchev–Trinajstić information content (AvgIpc) is 2.18. The number of anilines is 1. The van der Waals surface area contributed by atoms with Gasteiger partial charge in [0.15, 0.2) is 0 Å². The van der Waals surface area contributed by atoms with Crippen LogP contribution in [0.25, 0.3) is 0 Å². The normalized spacial score (nSPS) is 10.1. The molecule has 0 saturated carbocycles. The lowest BCUT2D eigenvalue weighted by Crippen LogP contribution is -1.98. The molecule has 0 bridgehead atoms. The summed E-state index contributed by atoms with van der Waals surface area (Å²) in [5.74, 6) is 0.834. The van der Waals surface area contributed by atoms with Crippen LogP contribution in [0.3, 0.4) is 0 Å². The number of nitrogens with two attached hydrogens (primary N) is 1. The van der Waals surface area contributed by atoms with Crippen LogP contribution < -0.4 is 10.5 Å². The molecule has 78 valence electrons. The van der Waals surface area contributed by atoms with Crippen molar-refractivity contribution < 1.29 is 4.74 Å². The van der Waals surface area contributed by atoms with Crippen molar-refractivity contribution in [3.05, 3.63) is 22.7 Å². The molecule has 3 heteroatoms. The molecule has 0 spiro atoms. The maximum Gasteiger partial charge on any atom is 0.135 e. The highest BCUT2D eigenvalue weighted by molar-refractivity contribution is 9.10. The van der Waals surface area contributed by atoms with Gasteiger partial charge in [0.2, 0.25) is 0 Å². The van der Waals surface area contributed by atoms with E-state index < -0.39 is 0 Å². The molecule has 0 fully saturated rings. The van der Waals surface area contributed by atoms with Crippen molar-refractivity contribution in [3.63, 3.8) is 0 Å². The van der Waals surface area contributed by atoms with Crippen LogP contribution in [0.2, 0.25) is 0 Å². The molecule has 0 radical (unpaired) electrons. The van der Waals surface area contributed by atoms with Crippen LogP contribution in [0, 0.1) is 0 Å². The highest BCUT2D eigenvalue weighted by Gasteiger charge is 2.00. The van der Waals surface area contributed by atoms with Gasteiger partial charge in [-0.3, -0.25) is 0 Å². The van der Waals surface area contributed by atoms with Crippen LogP contribution in [0.15, 0.2) is 22.7 Å². The van der Waals surface area contributed by atoms with Gasteiger partial charge >= 0.3 is 0 Å². The van der Waals surface area contributed by atoms with Gasteiger partial charge in [-0.1, -0.05) is 19.8 Å². The van der Waals surface area contributed by atoms with Crippen molar-refractivity contribution >= 4 is 21.6 Å². The van der Waals surface area contributed by atoms with Crippen LogP contribution in [0.5, 0.6) is 5.75 Å². The van der Waals surface area contributed by atoms with Crippen LogP contribution in [0.4, 0.5) is 5.69 Å². The zero-order valence-electron chi connectivity index (χ0n) is 8.42. The highest BCUT2D eigenvalue weighted by Crippen LogP contribution is 2.27. The number of halogens is 1. The molecule has 0 aromatic heterocycles. The molecule has 2 N–H and O–H groups in total. The molecule has 0 amide bonds. The first-order valence-corrected chi connectivity index (χ1v) is 5.71. The van der Waals surface area contributed by atoms with Crippen molar-refractivity contribution in [2.75, 3.05) is 12.3 Å². The summed E-state index contributed by atoms with van der Waals surface area (Å²) in [6.07, 6.45) is 3.51. The number of nitrogen functional groups attached to an aromatic ring is 1. The monoisotopic (exact) mass is 257 g/mol. The number of hydrogen-bond donors (Lipinski definition) is 1. The van der Waals surface area contributed by atoms with E-state index in [0.717, 1.165) is 28.9 Å². The second-order valence-electron chi connectivity index (χ2n) is 3.25. The Morgan fingerprint density at radius 2 is 2.14 bits per heavy atom. The van der Waals surface area contributed by atoms with Crippen molar-refractivity contribution in [1.29, 1.82) is 0 Å². The molecule has 0 aliphatic heterocycles. The molecule has 0 saturated heterocycles. The Morgan fingerprint density at radius 1 is 1.36 bits per heavy atom. The van der Waals surface area contributed by atoms with E-state index in [1.54, 1.807) is 0 Å². The molecule has 2 nitrogen and oxygen atoms in total. The minimum Gasteiger partial charge on any atom is -0.492 e. The standard InChI is InChI=1S/C11H16BrNO/c1-2-3-4-7-14-11-8-9(13)5-6-10(11)12/h5-6,8H,2-4,7,13H2,1H3. The van der Waals surface area contributed by atoms with E-state index in [1.165, 1.54) is 12.8 Å². The summed E-state index contributed by atoms with van der Waals surface area (Å²) in [6, 6.07) is 5.60. The third-order valence-electron chi connectivity index (χ3n) is 1.96. The van der Waals surface area contributed by atoms with E-state index in [9.17, 15) is 0 Å². The van der Waals surface area contributed by atoms with E-state index in [4.69, 9.17) is 10.5 Å². The van der Waals surface area contributed by atoms with Crippen LogP contribution in [-0.2, 0) is 0 Å². The molecular formula is C11H16BrNO. The third kappa shape index (κ3) is 3.58. The fraction of sp³-hybridized carbons (Fsp3) is 0.455. The van der Waals surface area contributed by atoms with E-state index in [2.05, 4.69) is 22.9 Å². The lowest BCUT2D eigenvalue weighted by Gasteiger charge is -2.08. The Morgan fingerprint density at radius 3 is 2.86 bits per heavy atom. The summed E-state index contributed by atoms with van der Waals surface area (Å²) in [4.78, 5) is 0. The van der Waals surface area contributed by atoms with Gasteiger partial charge in [0.1, 0.15) is 5.75 Å². The molecule has 0 atom stereocenters. The molecule has 0 unspecified atom stereocenters. The molecule has 0 aliphatic carbocycles. The number of hydrogen-bond acceptors (Lipinski definition) is 2. The highest BCUT2D eigenvalue weighted by atomic mass is 79.9. The molecule has 1 aromatic carbocycles. The van der Waals surface area contributed by atoms with E-state index in [-0.39, 0.29) is 0 Å². The Balaban J connectivity index is 2.45. The third-order valence-corrected chi connectivity index (χ3v) is 2.62. The van der Waals surface area contributed by atoms with Crippen molar-refractivity contribution in [2.45, 2.75) is 26.2 Å². The molecule has 1 rings (SSSR count). The van der Waals surface area contributed by atoms with Crippen LogP contribution in [-0.4, -0.2) is 6.61 Å². The van der Waals surface area contributed by atoms with E-state index in [1.807, 2.05) is 18.2 Å². The number of unbranched alkanes of at least 4 members (excludes halogenated alkanes) is 2. The number of ether oxygens (including phenoxy) is 1. The van der Waals surface area contributed by atoms with Gasteiger partial charge in [-0.05, 0) is 34.5 Å². The minimum atomic E-state index is 0.735. The van der Waals surface area contributed by atoms with Crippen LogP contribution in [0.1, 0.15) is 26.2 Å². The molecular weight excluding hydrogens is 242 g/mol. The lowest BCUT2D eigenvalue weighted by molar-refractivity contribution is 0.304. The predicted molar refractivity (Wildman–Crippen MR) is 63.6 cm³/mol. The SMILES string of the molecule is CCCCCOc1cc(N)ccc1Br. The second-order valence-corrected chi connectivity index (χ2v) is 4.10. The zero-order valence-corrected chi connectivity index (χ0v) is 10.0. The lowest BCUT2D eigenvalue weighted by atomic mass is 10.2. The Labute approximate surface area is 93.6 Å². The number of rotatable bonds is 5. The van der Waals surface area contributed by atoms with Gasteiger partial charge in [-0.15, -0.1) is 0 Å². The summed E-state index contributed by atoms with van der Waals surface area (Å²) in [7, 11) is 0. The van der Waals surface area contributed by atoms with E-state index in [0.29, 0.717) is 0 Å². The summed E-state index contributed by atoms with van der Waals surface area (Å²) in [6.45, 7) is 2.94. The maximum absolute atomic E-state index is 5.66. The zero-order chi connectivity index (χ0) is 10.4. The van der Waals surface area contributed by atoms with E-state index >= 15 is 0 Å². The van der Waals surface area contributed by atoms with Crippen molar-refractivity contribution in [1.82, 2.24) is 0 Å². The molecule has 14 heavy (non-hydrogen) atoms. The molecule has 0 heterocycles. The van der Waals surface area contributed by atoms with Gasteiger partial charge in [-0.2, -0.15) is 0 Å².